The number of ketones is 1. The van der Waals surface area contributed by atoms with E-state index in [1.54, 1.807) is 13.8 Å². The van der Waals surface area contributed by atoms with Gasteiger partial charge in [-0.15, -0.1) is 0 Å². The lowest BCUT2D eigenvalue weighted by Gasteiger charge is -2.66. The first-order valence-corrected chi connectivity index (χ1v) is 15.9. The van der Waals surface area contributed by atoms with Crippen LogP contribution >= 0.6 is 0 Å². The highest BCUT2D eigenvalue weighted by Gasteiger charge is 2.79. The maximum atomic E-state index is 13.0. The molecular weight excluding hydrogens is 536 g/mol. The van der Waals surface area contributed by atoms with Gasteiger partial charge in [-0.25, -0.2) is 0 Å². The summed E-state index contributed by atoms with van der Waals surface area (Å²) in [6, 6.07) is 0. The zero-order valence-corrected chi connectivity index (χ0v) is 27.0. The molecular formula is C34H52O8. The molecule has 8 nitrogen and oxygen atoms in total. The molecule has 3 saturated carbocycles. The minimum Gasteiger partial charge on any atom is -0.462 e. The number of aliphatic hydroxyl groups is 2. The standard InChI is InChI=1S/C34H52O8/c1-19(25(41-20(2)35)16-28(30(6,7)38)42-21(3)36)22-14-15-31(8)26-12-10-23-24(11-13-27(37)29(23,4)5)32(26,9)34(39)17-33(22,31)18-40-34/h10,19,22,24-26,28,38-39H,11-18H2,1-9H3/t19-,22?,24+,25+,26-,28+,31-,32-,33-,34-/m0/s1. The summed E-state index contributed by atoms with van der Waals surface area (Å²) in [4.78, 5) is 37.2. The molecule has 4 aliphatic carbocycles. The van der Waals surface area contributed by atoms with Crippen LogP contribution in [0.15, 0.2) is 11.6 Å². The number of Topliss-reactive ketones (excluding diaryl/α,β-unsaturated/α-hetero) is 1. The van der Waals surface area contributed by atoms with Crippen LogP contribution in [0.2, 0.25) is 0 Å². The van der Waals surface area contributed by atoms with Gasteiger partial charge in [-0.2, -0.15) is 0 Å². The molecule has 4 fully saturated rings. The van der Waals surface area contributed by atoms with Crippen molar-refractivity contribution in [2.24, 2.45) is 45.3 Å². The number of fused-ring (bicyclic) bond motifs is 6. The highest BCUT2D eigenvalue weighted by atomic mass is 16.6. The van der Waals surface area contributed by atoms with Crippen LogP contribution in [0.4, 0.5) is 0 Å². The lowest BCUT2D eigenvalue weighted by Crippen LogP contribution is -2.67. The van der Waals surface area contributed by atoms with E-state index in [-0.39, 0.29) is 46.7 Å². The van der Waals surface area contributed by atoms with Gasteiger partial charge in [0.05, 0.1) is 12.2 Å². The van der Waals surface area contributed by atoms with E-state index in [0.717, 1.165) is 25.7 Å². The number of rotatable bonds is 7. The Morgan fingerprint density at radius 1 is 1.12 bits per heavy atom. The van der Waals surface area contributed by atoms with Crippen molar-refractivity contribution >= 4 is 17.7 Å². The lowest BCUT2D eigenvalue weighted by molar-refractivity contribution is -0.299. The summed E-state index contributed by atoms with van der Waals surface area (Å²) in [6.45, 7) is 17.1. The third-order valence-corrected chi connectivity index (χ3v) is 13.1. The van der Waals surface area contributed by atoms with Gasteiger partial charge in [0.1, 0.15) is 18.0 Å². The van der Waals surface area contributed by atoms with Crippen molar-refractivity contribution in [3.8, 4) is 0 Å². The third kappa shape index (κ3) is 4.28. The third-order valence-electron chi connectivity index (χ3n) is 13.1. The molecule has 8 heteroatoms. The Labute approximate surface area is 250 Å². The summed E-state index contributed by atoms with van der Waals surface area (Å²) in [5.74, 6) is -1.79. The summed E-state index contributed by atoms with van der Waals surface area (Å²) in [7, 11) is 0. The van der Waals surface area contributed by atoms with Crippen molar-refractivity contribution < 1.29 is 38.8 Å². The van der Waals surface area contributed by atoms with Crippen molar-refractivity contribution in [2.75, 3.05) is 6.61 Å². The number of hydrogen-bond donors (Lipinski definition) is 2. The van der Waals surface area contributed by atoms with E-state index in [1.165, 1.54) is 19.4 Å². The molecule has 0 radical (unpaired) electrons. The SMILES string of the molecule is CC(=O)O[C@H](C[C@@H](OC(C)=O)C(C)(C)O)[C@@H](C)C1CC[C@@]2(C)[C@@H]3CC=C4[C@@H](CCC(=O)C4(C)C)[C@]3(C)[C@]3(O)C[C@]12CO3. The molecule has 0 amide bonds. The van der Waals surface area contributed by atoms with Crippen molar-refractivity contribution in [3.63, 3.8) is 0 Å². The Morgan fingerprint density at radius 2 is 1.76 bits per heavy atom. The molecule has 42 heavy (non-hydrogen) atoms. The Morgan fingerprint density at radius 3 is 2.36 bits per heavy atom. The van der Waals surface area contributed by atoms with Crippen molar-refractivity contribution in [2.45, 2.75) is 131 Å². The van der Waals surface area contributed by atoms with E-state index >= 15 is 0 Å². The van der Waals surface area contributed by atoms with E-state index < -0.39 is 46.4 Å². The Balaban J connectivity index is 1.52. The zero-order chi connectivity index (χ0) is 31.3. The van der Waals surface area contributed by atoms with Gasteiger partial charge in [-0.1, -0.05) is 32.4 Å². The van der Waals surface area contributed by atoms with Crippen LogP contribution in [0.5, 0.6) is 0 Å². The molecule has 0 aromatic carbocycles. The van der Waals surface area contributed by atoms with Crippen LogP contribution in [0.25, 0.3) is 0 Å². The average molecular weight is 589 g/mol. The maximum absolute atomic E-state index is 13.0. The fourth-order valence-electron chi connectivity index (χ4n) is 10.7. The van der Waals surface area contributed by atoms with E-state index in [2.05, 4.69) is 26.8 Å². The van der Waals surface area contributed by atoms with E-state index in [9.17, 15) is 24.6 Å². The van der Waals surface area contributed by atoms with Gasteiger partial charge in [0.25, 0.3) is 0 Å². The first kappa shape index (κ1) is 31.6. The van der Waals surface area contributed by atoms with Gasteiger partial charge in [0.15, 0.2) is 5.79 Å². The molecule has 1 spiro atoms. The summed E-state index contributed by atoms with van der Waals surface area (Å²) < 4.78 is 18.0. The van der Waals surface area contributed by atoms with Crippen molar-refractivity contribution in [1.29, 1.82) is 0 Å². The predicted octanol–water partition coefficient (Wildman–Crippen LogP) is 5.13. The van der Waals surface area contributed by atoms with Crippen LogP contribution in [0.1, 0.15) is 107 Å². The van der Waals surface area contributed by atoms with Crippen LogP contribution in [0, 0.1) is 45.3 Å². The fourth-order valence-corrected chi connectivity index (χ4v) is 10.7. The summed E-state index contributed by atoms with van der Waals surface area (Å²) in [5, 5.41) is 23.4. The molecule has 5 aliphatic rings. The van der Waals surface area contributed by atoms with Gasteiger partial charge in [0.2, 0.25) is 0 Å². The van der Waals surface area contributed by atoms with Crippen LogP contribution in [-0.4, -0.2) is 58.1 Å². The van der Waals surface area contributed by atoms with E-state index in [1.807, 2.05) is 13.8 Å². The highest BCUT2D eigenvalue weighted by Crippen LogP contribution is 2.79. The molecule has 5 rings (SSSR count). The zero-order valence-electron chi connectivity index (χ0n) is 27.0. The number of esters is 2. The number of allylic oxidation sites excluding steroid dienone is 2. The van der Waals surface area contributed by atoms with Crippen LogP contribution in [0.3, 0.4) is 0 Å². The molecule has 2 bridgehead atoms. The van der Waals surface area contributed by atoms with Gasteiger partial charge in [0, 0.05) is 49.4 Å². The van der Waals surface area contributed by atoms with Crippen molar-refractivity contribution in [1.82, 2.24) is 0 Å². The minimum atomic E-state index is -1.33. The first-order valence-electron chi connectivity index (χ1n) is 15.9. The molecule has 0 aromatic heterocycles. The molecule has 10 atom stereocenters. The summed E-state index contributed by atoms with van der Waals surface area (Å²) in [6.07, 6.45) is 5.46. The number of carbonyl (C=O) groups excluding carboxylic acids is 3. The summed E-state index contributed by atoms with van der Waals surface area (Å²) in [5.41, 5.74) is -1.69. The molecule has 1 saturated heterocycles. The number of hydrogen-bond acceptors (Lipinski definition) is 8. The lowest BCUT2D eigenvalue weighted by atomic mass is 9.38. The smallest absolute Gasteiger partial charge is 0.303 e. The van der Waals surface area contributed by atoms with Gasteiger partial charge >= 0.3 is 11.9 Å². The maximum Gasteiger partial charge on any atom is 0.303 e. The first-order chi connectivity index (χ1) is 19.2. The van der Waals surface area contributed by atoms with Crippen molar-refractivity contribution in [3.05, 3.63) is 11.6 Å². The second-order valence-electron chi connectivity index (χ2n) is 15.8. The van der Waals surface area contributed by atoms with Crippen LogP contribution in [-0.2, 0) is 28.6 Å². The Kier molecular flexibility index (Phi) is 7.43. The second-order valence-corrected chi connectivity index (χ2v) is 15.8. The van der Waals surface area contributed by atoms with Gasteiger partial charge in [-0.3, -0.25) is 14.4 Å². The van der Waals surface area contributed by atoms with Crippen LogP contribution < -0.4 is 0 Å². The molecule has 2 N–H and O–H groups in total. The highest BCUT2D eigenvalue weighted by molar-refractivity contribution is 5.88. The molecule has 0 aromatic rings. The fraction of sp³-hybridized carbons (Fsp3) is 0.853. The Hall–Kier alpha value is -1.77. The predicted molar refractivity (Wildman–Crippen MR) is 156 cm³/mol. The number of ether oxygens (including phenoxy) is 3. The topological polar surface area (TPSA) is 119 Å². The normalized spacial score (nSPS) is 42.4. The quantitative estimate of drug-likeness (QED) is 0.310. The second kappa shape index (κ2) is 9.87. The minimum absolute atomic E-state index is 0.0726. The van der Waals surface area contributed by atoms with Gasteiger partial charge in [-0.05, 0) is 82.5 Å². The molecule has 1 aliphatic heterocycles. The van der Waals surface area contributed by atoms with Gasteiger partial charge < -0.3 is 24.4 Å². The number of carbonyl (C=O) groups is 3. The monoisotopic (exact) mass is 588 g/mol. The summed E-state index contributed by atoms with van der Waals surface area (Å²) >= 11 is 0. The molecule has 1 unspecified atom stereocenters. The Bertz CT molecular complexity index is 1180. The van der Waals surface area contributed by atoms with E-state index in [4.69, 9.17) is 14.2 Å². The largest absolute Gasteiger partial charge is 0.462 e. The van der Waals surface area contributed by atoms with E-state index in [0.29, 0.717) is 19.4 Å². The average Bonchev–Trinajstić information content (AvgIpc) is 3.36. The molecule has 1 heterocycles. The molecule has 236 valence electrons.